The van der Waals surface area contributed by atoms with E-state index in [1.807, 2.05) is 50.2 Å². The minimum atomic E-state index is -0.423. The van der Waals surface area contributed by atoms with Crippen molar-refractivity contribution in [1.82, 2.24) is 5.32 Å². The molecule has 0 spiro atoms. The van der Waals surface area contributed by atoms with Crippen molar-refractivity contribution >= 4 is 23.5 Å². The Morgan fingerprint density at radius 2 is 1.71 bits per heavy atom. The maximum atomic E-state index is 11.9. The number of nitrogens with one attached hydrogen (secondary N) is 1. The fourth-order valence-corrected chi connectivity index (χ4v) is 2.31. The largest absolute Gasteiger partial charge is 0.455 e. The smallest absolute Gasteiger partial charge is 0.310 e. The minimum absolute atomic E-state index is 0.153. The lowest BCUT2D eigenvalue weighted by Gasteiger charge is -2.14. The molecular weight excluding hydrogens is 326 g/mol. The topological polar surface area (TPSA) is 55.4 Å². The van der Waals surface area contributed by atoms with E-state index in [1.165, 1.54) is 0 Å². The number of aryl methyl sites for hydroxylation is 1. The predicted molar refractivity (Wildman–Crippen MR) is 93.9 cm³/mol. The monoisotopic (exact) mass is 345 g/mol. The lowest BCUT2D eigenvalue weighted by atomic mass is 10.1. The van der Waals surface area contributed by atoms with Gasteiger partial charge in [0.15, 0.2) is 6.61 Å². The van der Waals surface area contributed by atoms with E-state index in [1.54, 1.807) is 12.1 Å². The summed E-state index contributed by atoms with van der Waals surface area (Å²) in [6.07, 6.45) is 0.153. The van der Waals surface area contributed by atoms with Crippen LogP contribution in [-0.2, 0) is 20.7 Å². The highest BCUT2D eigenvalue weighted by molar-refractivity contribution is 6.30. The van der Waals surface area contributed by atoms with Crippen LogP contribution in [0.15, 0.2) is 48.5 Å². The van der Waals surface area contributed by atoms with Crippen molar-refractivity contribution in [3.05, 3.63) is 70.2 Å². The summed E-state index contributed by atoms with van der Waals surface area (Å²) in [7, 11) is 0. The Bertz CT molecular complexity index is 696. The van der Waals surface area contributed by atoms with E-state index in [0.29, 0.717) is 5.02 Å². The quantitative estimate of drug-likeness (QED) is 0.814. The molecular formula is C19H20ClNO3. The Hall–Kier alpha value is -2.33. The van der Waals surface area contributed by atoms with Crippen LogP contribution in [0.3, 0.4) is 0 Å². The summed E-state index contributed by atoms with van der Waals surface area (Å²) in [6.45, 7) is 3.55. The first kappa shape index (κ1) is 18.0. The molecule has 0 bridgehead atoms. The van der Waals surface area contributed by atoms with E-state index in [9.17, 15) is 9.59 Å². The van der Waals surface area contributed by atoms with Gasteiger partial charge >= 0.3 is 5.97 Å². The van der Waals surface area contributed by atoms with Crippen molar-refractivity contribution in [1.29, 1.82) is 0 Å². The number of ether oxygens (including phenoxy) is 1. The molecule has 0 saturated carbocycles. The molecule has 2 rings (SSSR count). The molecule has 0 aliphatic rings. The molecule has 1 amide bonds. The SMILES string of the molecule is Cc1ccc(CC(=O)OCC(=O)N[C@@H](C)c2ccc(Cl)cc2)cc1. The van der Waals surface area contributed by atoms with E-state index in [2.05, 4.69) is 5.32 Å². The summed E-state index contributed by atoms with van der Waals surface area (Å²) in [5, 5.41) is 3.42. The first-order valence-electron chi connectivity index (χ1n) is 7.70. The number of hydrogen-bond donors (Lipinski definition) is 1. The lowest BCUT2D eigenvalue weighted by Crippen LogP contribution is -2.31. The van der Waals surface area contributed by atoms with E-state index in [-0.39, 0.29) is 25.0 Å². The van der Waals surface area contributed by atoms with Gasteiger partial charge in [-0.3, -0.25) is 9.59 Å². The van der Waals surface area contributed by atoms with Crippen molar-refractivity contribution < 1.29 is 14.3 Å². The lowest BCUT2D eigenvalue weighted by molar-refractivity contribution is -0.148. The highest BCUT2D eigenvalue weighted by atomic mass is 35.5. The van der Waals surface area contributed by atoms with Crippen molar-refractivity contribution in [3.8, 4) is 0 Å². The van der Waals surface area contributed by atoms with Crippen molar-refractivity contribution in [2.24, 2.45) is 0 Å². The first-order chi connectivity index (χ1) is 11.4. The summed E-state index contributed by atoms with van der Waals surface area (Å²) in [5.41, 5.74) is 2.92. The van der Waals surface area contributed by atoms with Gasteiger partial charge in [0.1, 0.15) is 0 Å². The zero-order valence-electron chi connectivity index (χ0n) is 13.7. The van der Waals surface area contributed by atoms with Crippen LogP contribution >= 0.6 is 11.6 Å². The van der Waals surface area contributed by atoms with Gasteiger partial charge in [0.25, 0.3) is 5.91 Å². The molecule has 0 heterocycles. The van der Waals surface area contributed by atoms with Crippen molar-refractivity contribution in [3.63, 3.8) is 0 Å². The fraction of sp³-hybridized carbons (Fsp3) is 0.263. The van der Waals surface area contributed by atoms with E-state index in [0.717, 1.165) is 16.7 Å². The van der Waals surface area contributed by atoms with Gasteiger partial charge in [0, 0.05) is 5.02 Å². The van der Waals surface area contributed by atoms with Gasteiger partial charge in [-0.25, -0.2) is 0 Å². The summed E-state index contributed by atoms with van der Waals surface area (Å²) in [6, 6.07) is 14.6. The van der Waals surface area contributed by atoms with Crippen molar-refractivity contribution in [2.75, 3.05) is 6.61 Å². The van der Waals surface area contributed by atoms with Gasteiger partial charge in [0.2, 0.25) is 0 Å². The summed E-state index contributed by atoms with van der Waals surface area (Å²) >= 11 is 5.84. The molecule has 0 aromatic heterocycles. The Morgan fingerprint density at radius 1 is 1.08 bits per heavy atom. The highest BCUT2D eigenvalue weighted by Gasteiger charge is 2.12. The molecule has 24 heavy (non-hydrogen) atoms. The second-order valence-electron chi connectivity index (χ2n) is 5.66. The highest BCUT2D eigenvalue weighted by Crippen LogP contribution is 2.15. The van der Waals surface area contributed by atoms with Crippen LogP contribution in [0.25, 0.3) is 0 Å². The third-order valence-electron chi connectivity index (χ3n) is 3.58. The fourth-order valence-electron chi connectivity index (χ4n) is 2.19. The van der Waals surface area contributed by atoms with Crippen LogP contribution in [-0.4, -0.2) is 18.5 Å². The van der Waals surface area contributed by atoms with Crippen LogP contribution in [0.1, 0.15) is 29.7 Å². The Balaban J connectivity index is 1.76. The van der Waals surface area contributed by atoms with Crippen LogP contribution in [0.2, 0.25) is 5.02 Å². The zero-order valence-corrected chi connectivity index (χ0v) is 14.5. The number of halogens is 1. The van der Waals surface area contributed by atoms with Gasteiger partial charge in [0.05, 0.1) is 12.5 Å². The molecule has 0 saturated heterocycles. The van der Waals surface area contributed by atoms with Gasteiger partial charge in [-0.1, -0.05) is 53.6 Å². The number of amides is 1. The molecule has 0 radical (unpaired) electrons. The normalized spacial score (nSPS) is 11.6. The third kappa shape index (κ3) is 5.70. The average Bonchev–Trinajstić information content (AvgIpc) is 2.55. The number of esters is 1. The maximum absolute atomic E-state index is 11.9. The third-order valence-corrected chi connectivity index (χ3v) is 3.83. The molecule has 0 unspecified atom stereocenters. The molecule has 0 fully saturated rings. The van der Waals surface area contributed by atoms with Crippen LogP contribution < -0.4 is 5.32 Å². The van der Waals surface area contributed by atoms with Crippen LogP contribution in [0, 0.1) is 6.92 Å². The summed E-state index contributed by atoms with van der Waals surface area (Å²) in [4.78, 5) is 23.7. The van der Waals surface area contributed by atoms with E-state index in [4.69, 9.17) is 16.3 Å². The van der Waals surface area contributed by atoms with Gasteiger partial charge < -0.3 is 10.1 Å². The average molecular weight is 346 g/mol. The molecule has 1 N–H and O–H groups in total. The van der Waals surface area contributed by atoms with Crippen LogP contribution in [0.4, 0.5) is 0 Å². The minimum Gasteiger partial charge on any atom is -0.455 e. The number of carbonyl (C=O) groups is 2. The number of benzene rings is 2. The van der Waals surface area contributed by atoms with Gasteiger partial charge in [-0.2, -0.15) is 0 Å². The Kier molecular flexibility index (Phi) is 6.38. The Morgan fingerprint density at radius 3 is 2.33 bits per heavy atom. The molecule has 2 aromatic rings. The second-order valence-corrected chi connectivity index (χ2v) is 6.10. The van der Waals surface area contributed by atoms with Crippen LogP contribution in [0.5, 0.6) is 0 Å². The molecule has 0 aliphatic heterocycles. The molecule has 5 heteroatoms. The standard InChI is InChI=1S/C19H20ClNO3/c1-13-3-5-15(6-4-13)11-19(23)24-12-18(22)21-14(2)16-7-9-17(20)10-8-16/h3-10,14H,11-12H2,1-2H3,(H,21,22)/t14-/m0/s1. The van der Waals surface area contributed by atoms with Gasteiger partial charge in [-0.05, 0) is 37.1 Å². The molecule has 126 valence electrons. The molecule has 1 atom stereocenters. The number of carbonyl (C=O) groups excluding carboxylic acids is 2. The zero-order chi connectivity index (χ0) is 17.5. The second kappa shape index (κ2) is 8.50. The Labute approximate surface area is 146 Å². The maximum Gasteiger partial charge on any atom is 0.310 e. The molecule has 0 aliphatic carbocycles. The predicted octanol–water partition coefficient (Wildman–Crippen LogP) is 3.61. The van der Waals surface area contributed by atoms with Crippen molar-refractivity contribution in [2.45, 2.75) is 26.3 Å². The van der Waals surface area contributed by atoms with E-state index >= 15 is 0 Å². The van der Waals surface area contributed by atoms with E-state index < -0.39 is 5.97 Å². The first-order valence-corrected chi connectivity index (χ1v) is 8.08. The molecule has 2 aromatic carbocycles. The summed E-state index contributed by atoms with van der Waals surface area (Å²) in [5.74, 6) is -0.761. The van der Waals surface area contributed by atoms with Gasteiger partial charge in [-0.15, -0.1) is 0 Å². The number of rotatable bonds is 6. The summed E-state index contributed by atoms with van der Waals surface area (Å²) < 4.78 is 5.02. The molecule has 4 nitrogen and oxygen atoms in total. The number of hydrogen-bond acceptors (Lipinski definition) is 3.